The Morgan fingerprint density at radius 2 is 1.59 bits per heavy atom. The quantitative estimate of drug-likeness (QED) is 0.375. The number of rotatable bonds is 4. The van der Waals surface area contributed by atoms with Gasteiger partial charge < -0.3 is 5.32 Å². The fourth-order valence-corrected chi connectivity index (χ4v) is 3.53. The Morgan fingerprint density at radius 1 is 0.897 bits per heavy atom. The molecular formula is C25H19ClFNO. The molecule has 0 saturated carbocycles. The summed E-state index contributed by atoms with van der Waals surface area (Å²) < 4.78 is 14.8. The van der Waals surface area contributed by atoms with Gasteiger partial charge in [0.1, 0.15) is 10.7 Å². The van der Waals surface area contributed by atoms with Crippen molar-refractivity contribution in [3.8, 4) is 11.1 Å². The highest BCUT2D eigenvalue weighted by Gasteiger charge is 2.33. The van der Waals surface area contributed by atoms with E-state index in [4.69, 9.17) is 11.6 Å². The van der Waals surface area contributed by atoms with Gasteiger partial charge in [0.05, 0.1) is 0 Å². The van der Waals surface area contributed by atoms with Crippen LogP contribution >= 0.6 is 11.6 Å². The van der Waals surface area contributed by atoms with E-state index in [1.807, 2.05) is 72.8 Å². The maximum absolute atomic E-state index is 14.8. The van der Waals surface area contributed by atoms with Crippen molar-refractivity contribution >= 4 is 34.0 Å². The number of halogens is 2. The molecule has 1 amide bonds. The molecule has 0 saturated heterocycles. The third-order valence-electron chi connectivity index (χ3n) is 5.06. The summed E-state index contributed by atoms with van der Waals surface area (Å²) in [5.74, 6) is -0.832. The van der Waals surface area contributed by atoms with Crippen LogP contribution in [0.4, 0.5) is 10.1 Å². The first-order valence-corrected chi connectivity index (χ1v) is 9.68. The fourth-order valence-electron chi connectivity index (χ4n) is 3.36. The lowest BCUT2D eigenvalue weighted by Gasteiger charge is -2.23. The molecule has 0 aliphatic rings. The molecule has 144 valence electrons. The molecule has 0 spiro atoms. The predicted octanol–water partition coefficient (Wildman–Crippen LogP) is 6.74. The molecule has 0 fully saturated rings. The Hall–Kier alpha value is -3.17. The molecule has 2 nitrogen and oxygen atoms in total. The van der Waals surface area contributed by atoms with Gasteiger partial charge in [-0.3, -0.25) is 4.79 Å². The molecular weight excluding hydrogens is 385 g/mol. The number of hydrogen-bond donors (Lipinski definition) is 1. The van der Waals surface area contributed by atoms with Gasteiger partial charge in [-0.1, -0.05) is 78.9 Å². The highest BCUT2D eigenvalue weighted by atomic mass is 35.5. The summed E-state index contributed by atoms with van der Waals surface area (Å²) in [4.78, 5) is 11.6. The lowest BCUT2D eigenvalue weighted by Crippen LogP contribution is -2.32. The number of amides is 1. The van der Waals surface area contributed by atoms with Crippen LogP contribution in [0.5, 0.6) is 0 Å². The second-order valence-electron chi connectivity index (χ2n) is 7.04. The Kier molecular flexibility index (Phi) is 5.08. The van der Waals surface area contributed by atoms with E-state index in [0.29, 0.717) is 16.8 Å². The maximum atomic E-state index is 14.8. The van der Waals surface area contributed by atoms with Gasteiger partial charge in [0.2, 0.25) is 5.91 Å². The van der Waals surface area contributed by atoms with Crippen LogP contribution < -0.4 is 5.32 Å². The van der Waals surface area contributed by atoms with Crippen LogP contribution in [0.2, 0.25) is 0 Å². The summed E-state index contributed by atoms with van der Waals surface area (Å²) >= 11 is 6.60. The summed E-state index contributed by atoms with van der Waals surface area (Å²) in [6.45, 7) is 1.58. The maximum Gasteiger partial charge on any atom is 0.249 e. The van der Waals surface area contributed by atoms with Crippen molar-refractivity contribution in [3.05, 3.63) is 102 Å². The monoisotopic (exact) mass is 403 g/mol. The van der Waals surface area contributed by atoms with E-state index in [2.05, 4.69) is 5.32 Å². The van der Waals surface area contributed by atoms with Gasteiger partial charge in [0, 0.05) is 16.6 Å². The number of hydrogen-bond acceptors (Lipinski definition) is 1. The Bertz CT molecular complexity index is 1180. The standard InChI is InChI=1S/C25H19ClFNO/c1-25(26,19-14-15-20(22(27)16-19)17-8-3-2-4-9-17)24(29)28-23-13-7-11-18-10-5-6-12-21(18)23/h2-16H,1H3,(H,28,29). The van der Waals surface area contributed by atoms with Crippen molar-refractivity contribution in [3.63, 3.8) is 0 Å². The van der Waals surface area contributed by atoms with Crippen LogP contribution in [0, 0.1) is 5.82 Å². The summed E-state index contributed by atoms with van der Waals surface area (Å²) in [6.07, 6.45) is 0. The molecule has 29 heavy (non-hydrogen) atoms. The molecule has 4 rings (SSSR count). The SMILES string of the molecule is CC(Cl)(C(=O)Nc1cccc2ccccc12)c1ccc(-c2ccccc2)c(F)c1. The van der Waals surface area contributed by atoms with E-state index in [9.17, 15) is 9.18 Å². The summed E-state index contributed by atoms with van der Waals surface area (Å²) in [7, 11) is 0. The first-order chi connectivity index (χ1) is 14.0. The summed E-state index contributed by atoms with van der Waals surface area (Å²) in [6, 6.07) is 27.4. The van der Waals surface area contributed by atoms with Gasteiger partial charge in [0.25, 0.3) is 0 Å². The fraction of sp³-hybridized carbons (Fsp3) is 0.0800. The summed E-state index contributed by atoms with van der Waals surface area (Å²) in [5.41, 5.74) is 2.31. The molecule has 4 aromatic rings. The van der Waals surface area contributed by atoms with Crippen LogP contribution in [0.3, 0.4) is 0 Å². The first kappa shape index (κ1) is 19.2. The van der Waals surface area contributed by atoms with E-state index in [0.717, 1.165) is 16.3 Å². The van der Waals surface area contributed by atoms with Gasteiger partial charge in [0.15, 0.2) is 0 Å². The number of fused-ring (bicyclic) bond motifs is 1. The molecule has 0 heterocycles. The van der Waals surface area contributed by atoms with Gasteiger partial charge in [-0.05, 0) is 35.6 Å². The number of nitrogens with one attached hydrogen (secondary N) is 1. The molecule has 1 N–H and O–H groups in total. The van der Waals surface area contributed by atoms with E-state index >= 15 is 0 Å². The number of benzene rings is 4. The molecule has 4 heteroatoms. The second-order valence-corrected chi connectivity index (χ2v) is 7.80. The van der Waals surface area contributed by atoms with Crippen LogP contribution in [-0.2, 0) is 9.67 Å². The average Bonchev–Trinajstić information content (AvgIpc) is 2.74. The topological polar surface area (TPSA) is 29.1 Å². The van der Waals surface area contributed by atoms with Crippen molar-refractivity contribution in [1.82, 2.24) is 0 Å². The van der Waals surface area contributed by atoms with Gasteiger partial charge in [-0.15, -0.1) is 11.6 Å². The van der Waals surface area contributed by atoms with Crippen LogP contribution in [0.1, 0.15) is 12.5 Å². The normalized spacial score (nSPS) is 13.1. The zero-order valence-electron chi connectivity index (χ0n) is 15.8. The van der Waals surface area contributed by atoms with Crippen molar-refractivity contribution in [2.75, 3.05) is 5.32 Å². The zero-order valence-corrected chi connectivity index (χ0v) is 16.6. The number of alkyl halides is 1. The molecule has 4 aromatic carbocycles. The van der Waals surface area contributed by atoms with Crippen LogP contribution in [0.25, 0.3) is 21.9 Å². The number of carbonyl (C=O) groups is 1. The molecule has 0 aliphatic heterocycles. The van der Waals surface area contributed by atoms with E-state index < -0.39 is 16.6 Å². The van der Waals surface area contributed by atoms with Crippen molar-refractivity contribution in [2.24, 2.45) is 0 Å². The highest BCUT2D eigenvalue weighted by Crippen LogP contribution is 2.34. The van der Waals surface area contributed by atoms with E-state index in [1.54, 1.807) is 19.1 Å². The third kappa shape index (κ3) is 3.74. The molecule has 1 atom stereocenters. The lowest BCUT2D eigenvalue weighted by molar-refractivity contribution is -0.118. The number of carbonyl (C=O) groups excluding carboxylic acids is 1. The Labute approximate surface area is 174 Å². The minimum absolute atomic E-state index is 0.397. The first-order valence-electron chi connectivity index (χ1n) is 9.30. The Balaban J connectivity index is 1.64. The highest BCUT2D eigenvalue weighted by molar-refractivity contribution is 6.36. The van der Waals surface area contributed by atoms with Crippen molar-refractivity contribution in [1.29, 1.82) is 0 Å². The van der Waals surface area contributed by atoms with Gasteiger partial charge in [-0.2, -0.15) is 0 Å². The molecule has 1 unspecified atom stereocenters. The molecule has 0 aromatic heterocycles. The average molecular weight is 404 g/mol. The molecule has 0 aliphatic carbocycles. The Morgan fingerprint density at radius 3 is 2.34 bits per heavy atom. The molecule has 0 bridgehead atoms. The van der Waals surface area contributed by atoms with Crippen molar-refractivity contribution in [2.45, 2.75) is 11.8 Å². The lowest BCUT2D eigenvalue weighted by atomic mass is 9.95. The van der Waals surface area contributed by atoms with E-state index in [1.165, 1.54) is 6.07 Å². The van der Waals surface area contributed by atoms with Gasteiger partial charge >= 0.3 is 0 Å². The minimum Gasteiger partial charge on any atom is -0.324 e. The second kappa shape index (κ2) is 7.69. The third-order valence-corrected chi connectivity index (χ3v) is 5.45. The van der Waals surface area contributed by atoms with Gasteiger partial charge in [-0.25, -0.2) is 4.39 Å². The predicted molar refractivity (Wildman–Crippen MR) is 118 cm³/mol. The van der Waals surface area contributed by atoms with E-state index in [-0.39, 0.29) is 0 Å². The largest absolute Gasteiger partial charge is 0.324 e. The van der Waals surface area contributed by atoms with Crippen LogP contribution in [0.15, 0.2) is 91.0 Å². The van der Waals surface area contributed by atoms with Crippen molar-refractivity contribution < 1.29 is 9.18 Å². The summed E-state index contributed by atoms with van der Waals surface area (Å²) in [5, 5.41) is 4.83. The molecule has 0 radical (unpaired) electrons. The number of anilines is 1. The smallest absolute Gasteiger partial charge is 0.249 e. The zero-order chi connectivity index (χ0) is 20.4. The van der Waals surface area contributed by atoms with Crippen LogP contribution in [-0.4, -0.2) is 5.91 Å². The minimum atomic E-state index is -1.42.